The van der Waals surface area contributed by atoms with E-state index in [1.165, 1.54) is 6.42 Å². The molecule has 0 bridgehead atoms. The Morgan fingerprint density at radius 3 is 3.11 bits per heavy atom. The van der Waals surface area contributed by atoms with Crippen molar-refractivity contribution in [2.45, 2.75) is 46.1 Å². The Hall–Kier alpha value is -1.23. The van der Waals surface area contributed by atoms with Crippen LogP contribution in [0.3, 0.4) is 0 Å². The van der Waals surface area contributed by atoms with E-state index in [1.807, 2.05) is 4.68 Å². The Morgan fingerprint density at radius 1 is 1.58 bits per heavy atom. The SMILES string of the molecule is CC(C)Cn1ncnc1CC(=O)CCC1CCNC1. The standard InChI is InChI=1S/C14H24N4O/c1-11(2)9-18-14(16-10-17-18)7-13(19)4-3-12-5-6-15-8-12/h10-12,15H,3-9H2,1-2H3. The van der Waals surface area contributed by atoms with Crippen molar-refractivity contribution in [3.8, 4) is 0 Å². The third-order valence-corrected chi connectivity index (χ3v) is 3.58. The lowest BCUT2D eigenvalue weighted by Crippen LogP contribution is -2.15. The van der Waals surface area contributed by atoms with Gasteiger partial charge in [-0.3, -0.25) is 4.79 Å². The van der Waals surface area contributed by atoms with Crippen LogP contribution in [0.4, 0.5) is 0 Å². The molecule has 0 aliphatic carbocycles. The van der Waals surface area contributed by atoms with E-state index in [0.29, 0.717) is 24.7 Å². The topological polar surface area (TPSA) is 59.8 Å². The summed E-state index contributed by atoms with van der Waals surface area (Å²) in [6.07, 6.45) is 4.85. The number of Topliss-reactive ketones (excluding diaryl/α,β-unsaturated/α-hetero) is 1. The molecule has 106 valence electrons. The highest BCUT2D eigenvalue weighted by Crippen LogP contribution is 2.15. The second-order valence-corrected chi connectivity index (χ2v) is 5.87. The Morgan fingerprint density at radius 2 is 2.42 bits per heavy atom. The fourth-order valence-corrected chi connectivity index (χ4v) is 2.51. The molecule has 5 nitrogen and oxygen atoms in total. The van der Waals surface area contributed by atoms with Crippen molar-refractivity contribution in [2.24, 2.45) is 11.8 Å². The number of carbonyl (C=O) groups excluding carboxylic acids is 1. The fourth-order valence-electron chi connectivity index (χ4n) is 2.51. The lowest BCUT2D eigenvalue weighted by atomic mass is 10.00. The smallest absolute Gasteiger partial charge is 0.140 e. The summed E-state index contributed by atoms with van der Waals surface area (Å²) in [5.74, 6) is 2.28. The van der Waals surface area contributed by atoms with E-state index in [9.17, 15) is 4.79 Å². The van der Waals surface area contributed by atoms with Crippen molar-refractivity contribution in [1.29, 1.82) is 0 Å². The van der Waals surface area contributed by atoms with E-state index in [0.717, 1.165) is 31.9 Å². The minimum absolute atomic E-state index is 0.282. The van der Waals surface area contributed by atoms with Gasteiger partial charge in [-0.1, -0.05) is 13.8 Å². The molecular weight excluding hydrogens is 240 g/mol. The summed E-state index contributed by atoms with van der Waals surface area (Å²) < 4.78 is 1.86. The Balaban J connectivity index is 1.79. The molecule has 0 aromatic carbocycles. The van der Waals surface area contributed by atoms with E-state index in [2.05, 4.69) is 29.2 Å². The van der Waals surface area contributed by atoms with Gasteiger partial charge in [0.1, 0.15) is 17.9 Å². The van der Waals surface area contributed by atoms with Crippen LogP contribution in [0.15, 0.2) is 6.33 Å². The van der Waals surface area contributed by atoms with Crippen molar-refractivity contribution in [2.75, 3.05) is 13.1 Å². The number of hydrogen-bond donors (Lipinski definition) is 1. The first-order chi connectivity index (χ1) is 9.15. The van der Waals surface area contributed by atoms with Crippen molar-refractivity contribution in [1.82, 2.24) is 20.1 Å². The highest BCUT2D eigenvalue weighted by atomic mass is 16.1. The predicted octanol–water partition coefficient (Wildman–Crippen LogP) is 1.44. The summed E-state index contributed by atoms with van der Waals surface area (Å²) in [5, 5.41) is 7.52. The highest BCUT2D eigenvalue weighted by molar-refractivity contribution is 5.80. The van der Waals surface area contributed by atoms with Gasteiger partial charge < -0.3 is 5.32 Å². The molecule has 1 fully saturated rings. The molecule has 1 saturated heterocycles. The Bertz CT molecular complexity index is 407. The maximum Gasteiger partial charge on any atom is 0.140 e. The molecule has 0 amide bonds. The highest BCUT2D eigenvalue weighted by Gasteiger charge is 2.17. The summed E-state index contributed by atoms with van der Waals surface area (Å²) >= 11 is 0. The van der Waals surface area contributed by atoms with Crippen LogP contribution in [0.1, 0.15) is 38.9 Å². The number of rotatable bonds is 7. The van der Waals surface area contributed by atoms with Crippen LogP contribution in [-0.2, 0) is 17.8 Å². The van der Waals surface area contributed by atoms with Gasteiger partial charge in [0.25, 0.3) is 0 Å². The van der Waals surface area contributed by atoms with E-state index >= 15 is 0 Å². The third-order valence-electron chi connectivity index (χ3n) is 3.58. The Kier molecular flexibility index (Phi) is 5.07. The number of nitrogens with zero attached hydrogens (tertiary/aromatic N) is 3. The van der Waals surface area contributed by atoms with Crippen molar-refractivity contribution in [3.63, 3.8) is 0 Å². The van der Waals surface area contributed by atoms with Gasteiger partial charge in [-0.15, -0.1) is 0 Å². The lowest BCUT2D eigenvalue weighted by molar-refractivity contribution is -0.118. The van der Waals surface area contributed by atoms with Gasteiger partial charge in [0, 0.05) is 13.0 Å². The first kappa shape index (κ1) is 14.2. The number of hydrogen-bond acceptors (Lipinski definition) is 4. The first-order valence-corrected chi connectivity index (χ1v) is 7.24. The molecule has 1 atom stereocenters. The fraction of sp³-hybridized carbons (Fsp3) is 0.786. The third kappa shape index (κ3) is 4.42. The maximum atomic E-state index is 12.0. The minimum Gasteiger partial charge on any atom is -0.316 e. The molecule has 0 saturated carbocycles. The van der Waals surface area contributed by atoms with Gasteiger partial charge in [0.05, 0.1) is 6.42 Å². The molecule has 0 spiro atoms. The number of ketones is 1. The quantitative estimate of drug-likeness (QED) is 0.809. The van der Waals surface area contributed by atoms with Crippen LogP contribution in [0, 0.1) is 11.8 Å². The van der Waals surface area contributed by atoms with E-state index < -0.39 is 0 Å². The lowest BCUT2D eigenvalue weighted by Gasteiger charge is -2.09. The molecule has 0 radical (unpaired) electrons. The normalized spacial score (nSPS) is 19.2. The van der Waals surface area contributed by atoms with Crippen LogP contribution >= 0.6 is 0 Å². The van der Waals surface area contributed by atoms with Crippen LogP contribution in [0.25, 0.3) is 0 Å². The van der Waals surface area contributed by atoms with Gasteiger partial charge in [-0.2, -0.15) is 5.10 Å². The van der Waals surface area contributed by atoms with Gasteiger partial charge in [0.2, 0.25) is 0 Å². The summed E-state index contributed by atoms with van der Waals surface area (Å²) in [5.41, 5.74) is 0. The van der Waals surface area contributed by atoms with Crippen LogP contribution in [-0.4, -0.2) is 33.6 Å². The van der Waals surface area contributed by atoms with Crippen molar-refractivity contribution >= 4 is 5.78 Å². The van der Waals surface area contributed by atoms with E-state index in [-0.39, 0.29) is 5.78 Å². The second kappa shape index (κ2) is 6.80. The summed E-state index contributed by atoms with van der Waals surface area (Å²) in [7, 11) is 0. The molecule has 1 aromatic rings. The van der Waals surface area contributed by atoms with Crippen LogP contribution < -0.4 is 5.32 Å². The maximum absolute atomic E-state index is 12.0. The summed E-state index contributed by atoms with van der Waals surface area (Å²) in [6, 6.07) is 0. The van der Waals surface area contributed by atoms with Crippen molar-refractivity contribution < 1.29 is 4.79 Å². The van der Waals surface area contributed by atoms with Gasteiger partial charge >= 0.3 is 0 Å². The molecule has 1 unspecified atom stereocenters. The monoisotopic (exact) mass is 264 g/mol. The molecule has 2 rings (SSSR count). The molecule has 19 heavy (non-hydrogen) atoms. The first-order valence-electron chi connectivity index (χ1n) is 7.24. The number of carbonyl (C=O) groups is 1. The molecule has 1 aliphatic heterocycles. The van der Waals surface area contributed by atoms with Crippen LogP contribution in [0.5, 0.6) is 0 Å². The molecule has 5 heteroatoms. The summed E-state index contributed by atoms with van der Waals surface area (Å²) in [6.45, 7) is 7.27. The zero-order valence-corrected chi connectivity index (χ0v) is 11.9. The average Bonchev–Trinajstić information content (AvgIpc) is 2.98. The van der Waals surface area contributed by atoms with Gasteiger partial charge in [0.15, 0.2) is 0 Å². The van der Waals surface area contributed by atoms with Gasteiger partial charge in [-0.25, -0.2) is 9.67 Å². The van der Waals surface area contributed by atoms with Crippen molar-refractivity contribution in [3.05, 3.63) is 12.2 Å². The van der Waals surface area contributed by atoms with E-state index in [1.54, 1.807) is 6.33 Å². The van der Waals surface area contributed by atoms with E-state index in [4.69, 9.17) is 0 Å². The predicted molar refractivity (Wildman–Crippen MR) is 73.8 cm³/mol. The minimum atomic E-state index is 0.282. The summed E-state index contributed by atoms with van der Waals surface area (Å²) in [4.78, 5) is 16.2. The zero-order valence-electron chi connectivity index (χ0n) is 11.9. The van der Waals surface area contributed by atoms with Gasteiger partial charge in [-0.05, 0) is 37.8 Å². The molecule has 2 heterocycles. The number of nitrogens with one attached hydrogen (secondary N) is 1. The Labute approximate surface area is 114 Å². The second-order valence-electron chi connectivity index (χ2n) is 5.87. The zero-order chi connectivity index (χ0) is 13.7. The molecule has 1 aliphatic rings. The van der Waals surface area contributed by atoms with Crippen LogP contribution in [0.2, 0.25) is 0 Å². The molecule has 1 N–H and O–H groups in total. The number of aromatic nitrogens is 3. The largest absolute Gasteiger partial charge is 0.316 e. The molecule has 1 aromatic heterocycles. The average molecular weight is 264 g/mol. The molecular formula is C14H24N4O.